The predicted octanol–water partition coefficient (Wildman–Crippen LogP) is 4.03. The average molecular weight is 289 g/mol. The number of aryl methyl sites for hydroxylation is 2. The van der Waals surface area contributed by atoms with E-state index in [-0.39, 0.29) is 5.54 Å². The molecule has 0 aliphatic carbocycles. The minimum absolute atomic E-state index is 0.173. The Kier molecular flexibility index (Phi) is 5.11. The van der Waals surface area contributed by atoms with Crippen molar-refractivity contribution in [2.45, 2.75) is 59.4 Å². The summed E-state index contributed by atoms with van der Waals surface area (Å²) in [6.45, 7) is 14.1. The topological polar surface area (TPSA) is 21.3 Å². The molecule has 0 atom stereocenters. The lowest BCUT2D eigenvalue weighted by atomic mass is 9.73. The molecular formula is C19H31NO. The molecule has 0 radical (unpaired) electrons. The highest BCUT2D eigenvalue weighted by molar-refractivity contribution is 5.34. The number of hydrogen-bond acceptors (Lipinski definition) is 2. The van der Waals surface area contributed by atoms with Crippen LogP contribution < -0.4 is 5.32 Å². The molecule has 1 aromatic rings. The monoisotopic (exact) mass is 289 g/mol. The van der Waals surface area contributed by atoms with E-state index in [1.54, 1.807) is 0 Å². The highest BCUT2D eigenvalue weighted by Gasteiger charge is 2.34. The van der Waals surface area contributed by atoms with Gasteiger partial charge in [-0.1, -0.05) is 18.2 Å². The van der Waals surface area contributed by atoms with Crippen LogP contribution in [0.3, 0.4) is 0 Å². The molecule has 0 bridgehead atoms. The molecule has 1 saturated heterocycles. The zero-order valence-corrected chi connectivity index (χ0v) is 14.4. The normalized spacial score (nSPS) is 18.7. The maximum Gasteiger partial charge on any atom is 0.0471 e. The summed E-state index contributed by atoms with van der Waals surface area (Å²) in [5.74, 6) is 0. The first-order chi connectivity index (χ1) is 9.81. The molecule has 118 valence electrons. The lowest BCUT2D eigenvalue weighted by molar-refractivity contribution is 0.0120. The predicted molar refractivity (Wildman–Crippen MR) is 89.9 cm³/mol. The summed E-state index contributed by atoms with van der Waals surface area (Å²) in [7, 11) is 0. The van der Waals surface area contributed by atoms with Gasteiger partial charge in [0.1, 0.15) is 0 Å². The molecule has 2 heteroatoms. The van der Waals surface area contributed by atoms with Gasteiger partial charge in [0.15, 0.2) is 0 Å². The van der Waals surface area contributed by atoms with E-state index in [1.807, 2.05) is 0 Å². The van der Waals surface area contributed by atoms with Gasteiger partial charge in [-0.3, -0.25) is 0 Å². The standard InChI is InChI=1S/C19H31NO/c1-15-7-6-8-16(2)17(15)13-19(9-11-21-12-10-19)14-20-18(3,4)5/h6-8,20H,9-14H2,1-5H3. The van der Waals surface area contributed by atoms with Crippen LogP contribution in [-0.4, -0.2) is 25.3 Å². The van der Waals surface area contributed by atoms with Crippen molar-refractivity contribution in [3.63, 3.8) is 0 Å². The Hall–Kier alpha value is -0.860. The van der Waals surface area contributed by atoms with Gasteiger partial charge in [0.05, 0.1) is 0 Å². The Morgan fingerprint density at radius 1 is 1.10 bits per heavy atom. The molecule has 1 aromatic carbocycles. The van der Waals surface area contributed by atoms with Gasteiger partial charge in [-0.05, 0) is 76.0 Å². The molecule has 0 spiro atoms. The average Bonchev–Trinajstić information content (AvgIpc) is 2.42. The summed E-state index contributed by atoms with van der Waals surface area (Å²) < 4.78 is 5.63. The van der Waals surface area contributed by atoms with Crippen LogP contribution in [0.25, 0.3) is 0 Å². The van der Waals surface area contributed by atoms with Crippen molar-refractivity contribution in [2.75, 3.05) is 19.8 Å². The second kappa shape index (κ2) is 6.50. The molecule has 0 unspecified atom stereocenters. The quantitative estimate of drug-likeness (QED) is 0.903. The van der Waals surface area contributed by atoms with Gasteiger partial charge < -0.3 is 10.1 Å². The number of nitrogens with one attached hydrogen (secondary N) is 1. The molecule has 1 aliphatic rings. The van der Waals surface area contributed by atoms with Crippen molar-refractivity contribution >= 4 is 0 Å². The number of benzene rings is 1. The summed E-state index contributed by atoms with van der Waals surface area (Å²) in [5, 5.41) is 3.74. The van der Waals surface area contributed by atoms with Crippen LogP contribution in [0.15, 0.2) is 18.2 Å². The van der Waals surface area contributed by atoms with Gasteiger partial charge in [-0.15, -0.1) is 0 Å². The fraction of sp³-hybridized carbons (Fsp3) is 0.684. The van der Waals surface area contributed by atoms with Crippen LogP contribution in [0, 0.1) is 19.3 Å². The second-order valence-electron chi connectivity index (χ2n) is 7.76. The van der Waals surface area contributed by atoms with Crippen LogP contribution in [0.1, 0.15) is 50.3 Å². The summed E-state index contributed by atoms with van der Waals surface area (Å²) in [4.78, 5) is 0. The number of rotatable bonds is 4. The first kappa shape index (κ1) is 16.5. The molecule has 2 rings (SSSR count). The highest BCUT2D eigenvalue weighted by atomic mass is 16.5. The third-order valence-corrected chi connectivity index (χ3v) is 4.74. The van der Waals surface area contributed by atoms with E-state index in [9.17, 15) is 0 Å². The van der Waals surface area contributed by atoms with Gasteiger partial charge in [0, 0.05) is 25.3 Å². The van der Waals surface area contributed by atoms with Crippen molar-refractivity contribution in [1.82, 2.24) is 5.32 Å². The molecule has 0 amide bonds. The van der Waals surface area contributed by atoms with Gasteiger partial charge in [-0.25, -0.2) is 0 Å². The second-order valence-corrected chi connectivity index (χ2v) is 7.76. The molecule has 0 aromatic heterocycles. The van der Waals surface area contributed by atoms with Gasteiger partial charge in [0.2, 0.25) is 0 Å². The van der Waals surface area contributed by atoms with Crippen molar-refractivity contribution in [3.8, 4) is 0 Å². The summed E-state index contributed by atoms with van der Waals surface area (Å²) in [5.41, 5.74) is 4.90. The van der Waals surface area contributed by atoms with E-state index < -0.39 is 0 Å². The maximum atomic E-state index is 5.63. The fourth-order valence-electron chi connectivity index (χ4n) is 3.18. The highest BCUT2D eigenvalue weighted by Crippen LogP contribution is 2.36. The zero-order chi connectivity index (χ0) is 15.5. The Bertz CT molecular complexity index is 447. The lowest BCUT2D eigenvalue weighted by Crippen LogP contribution is -2.47. The van der Waals surface area contributed by atoms with Crippen LogP contribution >= 0.6 is 0 Å². The van der Waals surface area contributed by atoms with Crippen molar-refractivity contribution in [1.29, 1.82) is 0 Å². The van der Waals surface area contributed by atoms with Gasteiger partial charge in [-0.2, -0.15) is 0 Å². The molecule has 1 N–H and O–H groups in total. The first-order valence-electron chi connectivity index (χ1n) is 8.19. The molecule has 1 fully saturated rings. The van der Waals surface area contributed by atoms with E-state index in [2.05, 4.69) is 58.1 Å². The Morgan fingerprint density at radius 3 is 2.19 bits per heavy atom. The van der Waals surface area contributed by atoms with Crippen LogP contribution in [0.4, 0.5) is 0 Å². The minimum Gasteiger partial charge on any atom is -0.381 e. The molecule has 1 heterocycles. The third-order valence-electron chi connectivity index (χ3n) is 4.74. The molecule has 21 heavy (non-hydrogen) atoms. The van der Waals surface area contributed by atoms with Crippen molar-refractivity contribution in [2.24, 2.45) is 5.41 Å². The van der Waals surface area contributed by atoms with E-state index in [0.29, 0.717) is 5.41 Å². The SMILES string of the molecule is Cc1cccc(C)c1CC1(CNC(C)(C)C)CCOCC1. The van der Waals surface area contributed by atoms with Crippen molar-refractivity contribution in [3.05, 3.63) is 34.9 Å². The molecule has 2 nitrogen and oxygen atoms in total. The van der Waals surface area contributed by atoms with E-state index >= 15 is 0 Å². The van der Waals surface area contributed by atoms with Gasteiger partial charge in [0.25, 0.3) is 0 Å². The largest absolute Gasteiger partial charge is 0.381 e. The van der Waals surface area contributed by atoms with Gasteiger partial charge >= 0.3 is 0 Å². The smallest absolute Gasteiger partial charge is 0.0471 e. The number of hydrogen-bond donors (Lipinski definition) is 1. The summed E-state index contributed by atoms with van der Waals surface area (Å²) in [6.07, 6.45) is 3.48. The van der Waals surface area contributed by atoms with Crippen LogP contribution in [0.5, 0.6) is 0 Å². The fourth-order valence-corrected chi connectivity index (χ4v) is 3.18. The minimum atomic E-state index is 0.173. The van der Waals surface area contributed by atoms with Crippen LogP contribution in [0.2, 0.25) is 0 Å². The van der Waals surface area contributed by atoms with E-state index in [1.165, 1.54) is 16.7 Å². The van der Waals surface area contributed by atoms with Crippen LogP contribution in [-0.2, 0) is 11.2 Å². The summed E-state index contributed by atoms with van der Waals surface area (Å²) >= 11 is 0. The number of ether oxygens (including phenoxy) is 1. The Labute approximate surface area is 130 Å². The van der Waals surface area contributed by atoms with E-state index in [0.717, 1.165) is 39.0 Å². The third kappa shape index (κ3) is 4.55. The molecular weight excluding hydrogens is 258 g/mol. The molecule has 0 saturated carbocycles. The van der Waals surface area contributed by atoms with E-state index in [4.69, 9.17) is 4.74 Å². The first-order valence-corrected chi connectivity index (χ1v) is 8.19. The molecule has 1 aliphatic heterocycles. The zero-order valence-electron chi connectivity index (χ0n) is 14.4. The van der Waals surface area contributed by atoms with Crippen molar-refractivity contribution < 1.29 is 4.74 Å². The maximum absolute atomic E-state index is 5.63. The Balaban J connectivity index is 2.20. The lowest BCUT2D eigenvalue weighted by Gasteiger charge is -2.40. The summed E-state index contributed by atoms with van der Waals surface area (Å²) in [6, 6.07) is 6.65. The Morgan fingerprint density at radius 2 is 1.67 bits per heavy atom.